The highest BCUT2D eigenvalue weighted by Gasteiger charge is 2.35. The molecule has 1 saturated carbocycles. The van der Waals surface area contributed by atoms with Gasteiger partial charge in [0.15, 0.2) is 0 Å². The van der Waals surface area contributed by atoms with Crippen LogP contribution in [-0.4, -0.2) is 6.17 Å². The summed E-state index contributed by atoms with van der Waals surface area (Å²) in [7, 11) is 0. The molecule has 6 unspecified atom stereocenters. The van der Waals surface area contributed by atoms with E-state index in [0.29, 0.717) is 17.8 Å². The second kappa shape index (κ2) is 9.16. The van der Waals surface area contributed by atoms with Gasteiger partial charge >= 0.3 is 0 Å². The molecule has 21 heavy (non-hydrogen) atoms. The van der Waals surface area contributed by atoms with Gasteiger partial charge in [-0.3, -0.25) is 0 Å². The third-order valence-electron chi connectivity index (χ3n) is 5.99. The maximum atomic E-state index is 14.9. The standard InChI is InChI=1S/C20H39F/c1-7-9-15(4)12-19(20(21)14(2)3)18-11-8-10-16(5)17(6)13-18/h14-20H,7-13H2,1-6H3. The van der Waals surface area contributed by atoms with E-state index in [1.165, 1.54) is 38.5 Å². The summed E-state index contributed by atoms with van der Waals surface area (Å²) in [5, 5.41) is 0. The van der Waals surface area contributed by atoms with Gasteiger partial charge in [-0.05, 0) is 48.3 Å². The molecule has 0 heterocycles. The normalized spacial score (nSPS) is 31.7. The van der Waals surface area contributed by atoms with Crippen molar-refractivity contribution in [3.05, 3.63) is 0 Å². The highest BCUT2D eigenvalue weighted by molar-refractivity contribution is 4.84. The summed E-state index contributed by atoms with van der Waals surface area (Å²) in [6.07, 6.45) is 8.11. The van der Waals surface area contributed by atoms with Gasteiger partial charge in [0.25, 0.3) is 0 Å². The van der Waals surface area contributed by atoms with E-state index in [1.807, 2.05) is 0 Å². The van der Waals surface area contributed by atoms with Crippen LogP contribution < -0.4 is 0 Å². The van der Waals surface area contributed by atoms with Crippen molar-refractivity contribution in [2.24, 2.45) is 35.5 Å². The summed E-state index contributed by atoms with van der Waals surface area (Å²) in [6, 6.07) is 0. The fraction of sp³-hybridized carbons (Fsp3) is 1.00. The van der Waals surface area contributed by atoms with E-state index in [2.05, 4.69) is 41.5 Å². The molecule has 0 aromatic heterocycles. The maximum absolute atomic E-state index is 14.9. The van der Waals surface area contributed by atoms with E-state index < -0.39 is 6.17 Å². The Morgan fingerprint density at radius 1 is 1.05 bits per heavy atom. The summed E-state index contributed by atoms with van der Waals surface area (Å²) in [6.45, 7) is 13.5. The zero-order valence-corrected chi connectivity index (χ0v) is 15.4. The van der Waals surface area contributed by atoms with Crippen molar-refractivity contribution in [1.29, 1.82) is 0 Å². The molecule has 1 rings (SSSR count). The quantitative estimate of drug-likeness (QED) is 0.449. The number of rotatable bonds is 7. The highest BCUT2D eigenvalue weighted by atomic mass is 19.1. The first-order valence-electron chi connectivity index (χ1n) is 9.50. The zero-order chi connectivity index (χ0) is 16.0. The number of hydrogen-bond acceptors (Lipinski definition) is 0. The van der Waals surface area contributed by atoms with Crippen LogP contribution in [0.5, 0.6) is 0 Å². The van der Waals surface area contributed by atoms with E-state index in [4.69, 9.17) is 0 Å². The van der Waals surface area contributed by atoms with Gasteiger partial charge in [0.1, 0.15) is 6.17 Å². The Hall–Kier alpha value is -0.0700. The monoisotopic (exact) mass is 298 g/mol. The Balaban J connectivity index is 2.78. The first-order chi connectivity index (χ1) is 9.86. The lowest BCUT2D eigenvalue weighted by atomic mass is 9.73. The summed E-state index contributed by atoms with van der Waals surface area (Å²) in [5.41, 5.74) is 0. The van der Waals surface area contributed by atoms with E-state index in [-0.39, 0.29) is 5.92 Å². The van der Waals surface area contributed by atoms with Crippen molar-refractivity contribution >= 4 is 0 Å². The third kappa shape index (κ3) is 5.91. The molecular weight excluding hydrogens is 259 g/mol. The average molecular weight is 299 g/mol. The Labute approximate surface area is 133 Å². The smallest absolute Gasteiger partial charge is 0.105 e. The first-order valence-corrected chi connectivity index (χ1v) is 9.50. The van der Waals surface area contributed by atoms with Crippen LogP contribution in [0.1, 0.15) is 86.5 Å². The molecule has 1 heteroatoms. The van der Waals surface area contributed by atoms with Crippen molar-refractivity contribution < 1.29 is 4.39 Å². The van der Waals surface area contributed by atoms with E-state index in [0.717, 1.165) is 18.3 Å². The van der Waals surface area contributed by atoms with Crippen molar-refractivity contribution in [3.8, 4) is 0 Å². The van der Waals surface area contributed by atoms with Crippen molar-refractivity contribution in [2.75, 3.05) is 0 Å². The maximum Gasteiger partial charge on any atom is 0.105 e. The second-order valence-electron chi connectivity index (χ2n) is 8.36. The van der Waals surface area contributed by atoms with Crippen LogP contribution in [-0.2, 0) is 0 Å². The van der Waals surface area contributed by atoms with Gasteiger partial charge in [-0.25, -0.2) is 4.39 Å². The lowest BCUT2D eigenvalue weighted by Crippen LogP contribution is -2.31. The Morgan fingerprint density at radius 2 is 1.71 bits per heavy atom. The molecule has 126 valence electrons. The number of halogens is 1. The third-order valence-corrected chi connectivity index (χ3v) is 5.99. The molecule has 0 amide bonds. The fourth-order valence-electron chi connectivity index (χ4n) is 4.36. The van der Waals surface area contributed by atoms with Crippen LogP contribution >= 0.6 is 0 Å². The molecule has 0 bridgehead atoms. The molecule has 1 aliphatic rings. The molecule has 0 aromatic carbocycles. The Kier molecular flexibility index (Phi) is 8.27. The lowest BCUT2D eigenvalue weighted by Gasteiger charge is -2.34. The number of hydrogen-bond donors (Lipinski definition) is 0. The molecular formula is C20H39F. The molecule has 1 fully saturated rings. The molecule has 0 aromatic rings. The molecule has 0 nitrogen and oxygen atoms in total. The van der Waals surface area contributed by atoms with Crippen LogP contribution in [0, 0.1) is 35.5 Å². The van der Waals surface area contributed by atoms with Gasteiger partial charge in [0.2, 0.25) is 0 Å². The average Bonchev–Trinajstić information content (AvgIpc) is 2.58. The minimum atomic E-state index is -0.616. The minimum Gasteiger partial charge on any atom is -0.247 e. The Morgan fingerprint density at radius 3 is 2.29 bits per heavy atom. The van der Waals surface area contributed by atoms with Crippen LogP contribution in [0.3, 0.4) is 0 Å². The summed E-state index contributed by atoms with van der Waals surface area (Å²) in [5.74, 6) is 3.33. The second-order valence-corrected chi connectivity index (χ2v) is 8.36. The number of alkyl halides is 1. The van der Waals surface area contributed by atoms with Crippen LogP contribution in [0.4, 0.5) is 4.39 Å². The fourth-order valence-corrected chi connectivity index (χ4v) is 4.36. The molecule has 6 atom stereocenters. The molecule has 0 N–H and O–H groups in total. The van der Waals surface area contributed by atoms with Crippen molar-refractivity contribution in [1.82, 2.24) is 0 Å². The molecule has 1 aliphatic carbocycles. The summed E-state index contributed by atoms with van der Waals surface area (Å²) in [4.78, 5) is 0. The lowest BCUT2D eigenvalue weighted by molar-refractivity contribution is 0.0831. The van der Waals surface area contributed by atoms with Gasteiger partial charge < -0.3 is 0 Å². The Bertz CT molecular complexity index is 273. The van der Waals surface area contributed by atoms with Gasteiger partial charge in [-0.2, -0.15) is 0 Å². The molecule has 0 radical (unpaired) electrons. The highest BCUT2D eigenvalue weighted by Crippen LogP contribution is 2.41. The van der Waals surface area contributed by atoms with Gasteiger partial charge in [0.05, 0.1) is 0 Å². The van der Waals surface area contributed by atoms with Crippen LogP contribution in [0.15, 0.2) is 0 Å². The topological polar surface area (TPSA) is 0 Å². The SMILES string of the molecule is CCCC(C)CC(C1CCCC(C)C(C)C1)C(F)C(C)C. The van der Waals surface area contributed by atoms with E-state index >= 15 is 0 Å². The van der Waals surface area contributed by atoms with E-state index in [9.17, 15) is 4.39 Å². The minimum absolute atomic E-state index is 0.166. The predicted octanol–water partition coefficient (Wildman–Crippen LogP) is 6.89. The molecule has 0 aliphatic heterocycles. The van der Waals surface area contributed by atoms with Crippen LogP contribution in [0.2, 0.25) is 0 Å². The van der Waals surface area contributed by atoms with Crippen molar-refractivity contribution in [2.45, 2.75) is 92.7 Å². The summed E-state index contributed by atoms with van der Waals surface area (Å²) < 4.78 is 14.9. The summed E-state index contributed by atoms with van der Waals surface area (Å²) >= 11 is 0. The predicted molar refractivity (Wildman–Crippen MR) is 92.2 cm³/mol. The molecule has 0 spiro atoms. The zero-order valence-electron chi connectivity index (χ0n) is 15.4. The molecule has 0 saturated heterocycles. The van der Waals surface area contributed by atoms with Gasteiger partial charge in [-0.15, -0.1) is 0 Å². The largest absolute Gasteiger partial charge is 0.247 e. The van der Waals surface area contributed by atoms with E-state index in [1.54, 1.807) is 0 Å². The van der Waals surface area contributed by atoms with Crippen molar-refractivity contribution in [3.63, 3.8) is 0 Å². The first kappa shape index (κ1) is 19.0. The van der Waals surface area contributed by atoms with Crippen LogP contribution in [0.25, 0.3) is 0 Å². The van der Waals surface area contributed by atoms with Gasteiger partial charge in [-0.1, -0.05) is 73.6 Å². The van der Waals surface area contributed by atoms with Gasteiger partial charge in [0, 0.05) is 0 Å².